The van der Waals surface area contributed by atoms with Crippen molar-refractivity contribution in [1.29, 1.82) is 0 Å². The zero-order valence-electron chi connectivity index (χ0n) is 27.7. The molecule has 51 heavy (non-hydrogen) atoms. The maximum absolute atomic E-state index is 2.50. The zero-order valence-corrected chi connectivity index (χ0v) is 27.7. The Hall–Kier alpha value is -6.70. The van der Waals surface area contributed by atoms with Crippen LogP contribution < -0.4 is 0 Å². The monoisotopic (exact) mass is 643 g/mol. The van der Waals surface area contributed by atoms with E-state index < -0.39 is 0 Å². The van der Waals surface area contributed by atoms with Crippen LogP contribution in [0.15, 0.2) is 176 Å². The minimum Gasteiger partial charge on any atom is -0.309 e. The van der Waals surface area contributed by atoms with Gasteiger partial charge in [0, 0.05) is 27.2 Å². The lowest BCUT2D eigenvalue weighted by Crippen LogP contribution is -1.95. The molecule has 1 nitrogen and oxygen atoms in total. The summed E-state index contributed by atoms with van der Waals surface area (Å²) in [4.78, 5) is 0. The third-order valence-corrected chi connectivity index (χ3v) is 11.5. The largest absolute Gasteiger partial charge is 0.309 e. The van der Waals surface area contributed by atoms with E-state index in [1.165, 1.54) is 109 Å². The fourth-order valence-corrected chi connectivity index (χ4v) is 9.39. The molecule has 0 radical (unpaired) electrons. The molecule has 0 bridgehead atoms. The van der Waals surface area contributed by atoms with Crippen LogP contribution in [0, 0.1) is 0 Å². The molecule has 0 spiro atoms. The SMILES string of the molecule is c1ccc2c(c1)-c1cccc3cc(-c4ccc(-n5c6ccccc6c6c7c8ccccc8c8ccccc8c7c7ccccc7c65)cc4)cc-2c13. The van der Waals surface area contributed by atoms with E-state index >= 15 is 0 Å². The first kappa shape index (κ1) is 27.2. The third kappa shape index (κ3) is 3.55. The summed E-state index contributed by atoms with van der Waals surface area (Å²) in [6.07, 6.45) is 0. The van der Waals surface area contributed by atoms with Crippen LogP contribution in [0.2, 0.25) is 0 Å². The van der Waals surface area contributed by atoms with Gasteiger partial charge in [-0.3, -0.25) is 0 Å². The maximum atomic E-state index is 2.50. The van der Waals surface area contributed by atoms with Gasteiger partial charge >= 0.3 is 0 Å². The van der Waals surface area contributed by atoms with E-state index in [1.54, 1.807) is 0 Å². The van der Waals surface area contributed by atoms with E-state index in [4.69, 9.17) is 0 Å². The van der Waals surface area contributed by atoms with Gasteiger partial charge < -0.3 is 4.57 Å². The van der Waals surface area contributed by atoms with Crippen LogP contribution in [0.5, 0.6) is 0 Å². The Morgan fingerprint density at radius 2 is 0.843 bits per heavy atom. The van der Waals surface area contributed by atoms with E-state index in [0.717, 1.165) is 5.69 Å². The molecule has 0 atom stereocenters. The van der Waals surface area contributed by atoms with Crippen LogP contribution in [0.25, 0.3) is 115 Å². The van der Waals surface area contributed by atoms with E-state index in [-0.39, 0.29) is 0 Å². The highest BCUT2D eigenvalue weighted by molar-refractivity contribution is 6.42. The van der Waals surface area contributed by atoms with Crippen molar-refractivity contribution in [3.63, 3.8) is 0 Å². The smallest absolute Gasteiger partial charge is 0.0626 e. The Bertz CT molecular complexity index is 3290. The molecule has 0 saturated heterocycles. The van der Waals surface area contributed by atoms with Gasteiger partial charge in [0.1, 0.15) is 0 Å². The van der Waals surface area contributed by atoms with Gasteiger partial charge in [-0.25, -0.2) is 0 Å². The second kappa shape index (κ2) is 9.94. The summed E-state index contributed by atoms with van der Waals surface area (Å²) >= 11 is 0. The molecule has 11 aromatic rings. The van der Waals surface area contributed by atoms with Crippen molar-refractivity contribution in [3.8, 4) is 39.1 Å². The van der Waals surface area contributed by atoms with Gasteiger partial charge in [0.15, 0.2) is 0 Å². The maximum Gasteiger partial charge on any atom is 0.0626 e. The van der Waals surface area contributed by atoms with Crippen molar-refractivity contribution in [2.75, 3.05) is 0 Å². The Labute approximate surface area is 294 Å². The van der Waals surface area contributed by atoms with Crippen molar-refractivity contribution in [2.24, 2.45) is 0 Å². The van der Waals surface area contributed by atoms with Crippen LogP contribution in [0.1, 0.15) is 0 Å². The van der Waals surface area contributed by atoms with Gasteiger partial charge in [-0.15, -0.1) is 0 Å². The number of rotatable bonds is 2. The molecule has 12 rings (SSSR count). The fraction of sp³-hybridized carbons (Fsp3) is 0. The quantitative estimate of drug-likeness (QED) is 0.165. The van der Waals surface area contributed by atoms with Crippen LogP contribution in [-0.4, -0.2) is 4.57 Å². The summed E-state index contributed by atoms with van der Waals surface area (Å²) in [5.74, 6) is 0. The number of hydrogen-bond acceptors (Lipinski definition) is 0. The third-order valence-electron chi connectivity index (χ3n) is 11.5. The molecule has 0 N–H and O–H groups in total. The summed E-state index contributed by atoms with van der Waals surface area (Å²) in [6.45, 7) is 0. The molecule has 0 amide bonds. The molecule has 1 heterocycles. The number of fused-ring (bicyclic) bond motifs is 16. The number of para-hydroxylation sites is 1. The molecule has 1 aromatic heterocycles. The van der Waals surface area contributed by atoms with Gasteiger partial charge in [0.05, 0.1) is 11.0 Å². The van der Waals surface area contributed by atoms with Gasteiger partial charge in [-0.05, 0) is 107 Å². The van der Waals surface area contributed by atoms with Crippen molar-refractivity contribution < 1.29 is 0 Å². The van der Waals surface area contributed by atoms with Crippen LogP contribution in [0.3, 0.4) is 0 Å². The van der Waals surface area contributed by atoms with Crippen molar-refractivity contribution >= 4 is 75.7 Å². The second-order valence-electron chi connectivity index (χ2n) is 14.0. The highest BCUT2D eigenvalue weighted by Gasteiger charge is 2.23. The fourth-order valence-electron chi connectivity index (χ4n) is 9.39. The molecule has 1 aliphatic rings. The lowest BCUT2D eigenvalue weighted by molar-refractivity contribution is 1.19. The van der Waals surface area contributed by atoms with E-state index in [9.17, 15) is 0 Å². The van der Waals surface area contributed by atoms with Crippen molar-refractivity contribution in [3.05, 3.63) is 176 Å². The molecule has 0 fully saturated rings. The molecule has 0 saturated carbocycles. The molecule has 0 unspecified atom stereocenters. The van der Waals surface area contributed by atoms with E-state index in [1.807, 2.05) is 0 Å². The average molecular weight is 644 g/mol. The summed E-state index contributed by atoms with van der Waals surface area (Å²) in [5, 5.41) is 15.7. The first-order chi connectivity index (χ1) is 25.3. The molecule has 1 aliphatic carbocycles. The summed E-state index contributed by atoms with van der Waals surface area (Å²) < 4.78 is 2.50. The average Bonchev–Trinajstić information content (AvgIpc) is 3.72. The summed E-state index contributed by atoms with van der Waals surface area (Å²) in [7, 11) is 0. The number of benzene rings is 10. The van der Waals surface area contributed by atoms with Crippen LogP contribution in [0.4, 0.5) is 0 Å². The molecule has 10 aromatic carbocycles. The Morgan fingerprint density at radius 3 is 1.57 bits per heavy atom. The minimum atomic E-state index is 1.16. The highest BCUT2D eigenvalue weighted by atomic mass is 15.0. The second-order valence-corrected chi connectivity index (χ2v) is 14.0. The number of aromatic nitrogens is 1. The predicted molar refractivity (Wildman–Crippen MR) is 218 cm³/mol. The van der Waals surface area contributed by atoms with Crippen LogP contribution >= 0.6 is 0 Å². The molecule has 234 valence electrons. The lowest BCUT2D eigenvalue weighted by Gasteiger charge is -2.16. The van der Waals surface area contributed by atoms with Gasteiger partial charge in [-0.2, -0.15) is 0 Å². The van der Waals surface area contributed by atoms with Gasteiger partial charge in [0.25, 0.3) is 0 Å². The first-order valence-electron chi connectivity index (χ1n) is 17.8. The zero-order chi connectivity index (χ0) is 33.2. The van der Waals surface area contributed by atoms with Gasteiger partial charge in [0.2, 0.25) is 0 Å². The Balaban J connectivity index is 1.15. The summed E-state index contributed by atoms with van der Waals surface area (Å²) in [5.41, 5.74) is 11.4. The highest BCUT2D eigenvalue weighted by Crippen LogP contribution is 2.50. The Kier molecular flexibility index (Phi) is 5.29. The van der Waals surface area contributed by atoms with E-state index in [2.05, 4.69) is 180 Å². The number of hydrogen-bond donors (Lipinski definition) is 0. The Morgan fingerprint density at radius 1 is 0.294 bits per heavy atom. The minimum absolute atomic E-state index is 1.16. The normalized spacial score (nSPS) is 12.3. The molecular formula is C50H29N. The summed E-state index contributed by atoms with van der Waals surface area (Å²) in [6, 6.07) is 65.4. The van der Waals surface area contributed by atoms with E-state index in [0.29, 0.717) is 0 Å². The molecular weight excluding hydrogens is 615 g/mol. The molecule has 1 heteroatoms. The predicted octanol–water partition coefficient (Wildman–Crippen LogP) is 13.9. The first-order valence-corrected chi connectivity index (χ1v) is 17.8. The number of nitrogens with zero attached hydrogens (tertiary/aromatic N) is 1. The van der Waals surface area contributed by atoms with Crippen LogP contribution in [-0.2, 0) is 0 Å². The molecule has 0 aliphatic heterocycles. The standard InChI is InChI=1S/C50H29N/c1-2-16-37-36(15-1)38-22-11-12-31-28-32(29-44(37)46(31)38)30-24-26-33(27-25-30)51-45-23-10-9-21-43(45)49-48-40-18-6-4-14-35(40)34-13-3-5-17-39(34)47(48)41-19-7-8-20-42(41)50(49)51/h1-29H. The lowest BCUT2D eigenvalue weighted by atomic mass is 9.88. The topological polar surface area (TPSA) is 4.93 Å². The van der Waals surface area contributed by atoms with Crippen molar-refractivity contribution in [1.82, 2.24) is 4.57 Å². The van der Waals surface area contributed by atoms with Gasteiger partial charge in [-0.1, -0.05) is 146 Å². The van der Waals surface area contributed by atoms with Crippen molar-refractivity contribution in [2.45, 2.75) is 0 Å².